The predicted octanol–water partition coefficient (Wildman–Crippen LogP) is 2.25. The van der Waals surface area contributed by atoms with Gasteiger partial charge < -0.3 is 19.4 Å². The van der Waals surface area contributed by atoms with Crippen molar-refractivity contribution >= 4 is 21.7 Å². The molecule has 0 spiro atoms. The molecule has 3 rings (SSSR count). The van der Waals surface area contributed by atoms with E-state index in [9.17, 15) is 18.0 Å². The van der Waals surface area contributed by atoms with Crippen molar-refractivity contribution in [1.29, 1.82) is 0 Å². The van der Waals surface area contributed by atoms with Crippen LogP contribution >= 0.6 is 0 Å². The second kappa shape index (κ2) is 8.91. The van der Waals surface area contributed by atoms with Gasteiger partial charge in [0.25, 0.3) is 5.91 Å². The standard InChI is InChI=1S/C21H26N2O6S/c1-14(2)21(25)23-11-10-15(12-23)22-20(24)19-9-6-17(29-19)13-28-16-4-7-18(8-5-16)30(3,26)27/h4-9,14-15H,10-13H2,1-3H3,(H,22,24)/t15-/m0/s1. The first-order valence-corrected chi connectivity index (χ1v) is 11.6. The van der Waals surface area contributed by atoms with E-state index in [1.807, 2.05) is 13.8 Å². The smallest absolute Gasteiger partial charge is 0.287 e. The second-order valence-electron chi connectivity index (χ2n) is 7.70. The molecule has 1 aliphatic rings. The highest BCUT2D eigenvalue weighted by molar-refractivity contribution is 7.90. The van der Waals surface area contributed by atoms with E-state index in [1.54, 1.807) is 29.2 Å². The van der Waals surface area contributed by atoms with Crippen molar-refractivity contribution in [2.75, 3.05) is 19.3 Å². The van der Waals surface area contributed by atoms with Crippen molar-refractivity contribution in [2.45, 2.75) is 37.8 Å². The molecule has 0 unspecified atom stereocenters. The third kappa shape index (κ3) is 5.41. The number of nitrogens with one attached hydrogen (secondary N) is 1. The van der Waals surface area contributed by atoms with Gasteiger partial charge in [-0.15, -0.1) is 0 Å². The SMILES string of the molecule is CC(C)C(=O)N1CC[C@H](NC(=O)c2ccc(COc3ccc(S(C)(=O)=O)cc3)o2)C1. The van der Waals surface area contributed by atoms with Gasteiger partial charge in [0.2, 0.25) is 5.91 Å². The lowest BCUT2D eigenvalue weighted by Gasteiger charge is -2.18. The molecule has 2 amide bonds. The van der Waals surface area contributed by atoms with E-state index in [0.29, 0.717) is 31.0 Å². The molecule has 162 valence electrons. The molecule has 1 aromatic heterocycles. The van der Waals surface area contributed by atoms with Gasteiger partial charge in [0.15, 0.2) is 15.6 Å². The molecule has 0 saturated carbocycles. The normalized spacial score (nSPS) is 16.7. The first kappa shape index (κ1) is 21.9. The second-order valence-corrected chi connectivity index (χ2v) is 9.71. The molecule has 30 heavy (non-hydrogen) atoms. The number of benzene rings is 1. The van der Waals surface area contributed by atoms with Gasteiger partial charge in [0.05, 0.1) is 4.90 Å². The van der Waals surface area contributed by atoms with E-state index in [0.717, 1.165) is 6.26 Å². The van der Waals surface area contributed by atoms with Gasteiger partial charge in [-0.05, 0) is 42.8 Å². The van der Waals surface area contributed by atoms with Crippen LogP contribution in [0.25, 0.3) is 0 Å². The molecule has 0 bridgehead atoms. The highest BCUT2D eigenvalue weighted by Gasteiger charge is 2.29. The highest BCUT2D eigenvalue weighted by Crippen LogP contribution is 2.18. The van der Waals surface area contributed by atoms with Gasteiger partial charge in [0.1, 0.15) is 18.1 Å². The van der Waals surface area contributed by atoms with Crippen LogP contribution in [-0.2, 0) is 21.2 Å². The summed E-state index contributed by atoms with van der Waals surface area (Å²) in [5, 5.41) is 2.90. The fourth-order valence-corrected chi connectivity index (χ4v) is 3.85. The number of hydrogen-bond acceptors (Lipinski definition) is 6. The first-order chi connectivity index (χ1) is 14.1. The quantitative estimate of drug-likeness (QED) is 0.716. The van der Waals surface area contributed by atoms with Gasteiger partial charge in [-0.1, -0.05) is 13.8 Å². The van der Waals surface area contributed by atoms with E-state index in [2.05, 4.69) is 5.32 Å². The average molecular weight is 435 g/mol. The minimum atomic E-state index is -3.26. The van der Waals surface area contributed by atoms with E-state index in [1.165, 1.54) is 12.1 Å². The number of amides is 2. The molecule has 1 N–H and O–H groups in total. The van der Waals surface area contributed by atoms with Crippen LogP contribution in [-0.4, -0.2) is 50.5 Å². The van der Waals surface area contributed by atoms with E-state index in [4.69, 9.17) is 9.15 Å². The van der Waals surface area contributed by atoms with Crippen molar-refractivity contribution in [3.05, 3.63) is 47.9 Å². The number of hydrogen-bond donors (Lipinski definition) is 1. The molecular formula is C21H26N2O6S. The molecule has 0 aliphatic carbocycles. The molecule has 0 radical (unpaired) electrons. The van der Waals surface area contributed by atoms with Crippen LogP contribution in [0.1, 0.15) is 36.6 Å². The molecule has 1 atom stereocenters. The zero-order valence-electron chi connectivity index (χ0n) is 17.3. The summed E-state index contributed by atoms with van der Waals surface area (Å²) < 4.78 is 34.1. The number of ether oxygens (including phenoxy) is 1. The van der Waals surface area contributed by atoms with Crippen LogP contribution in [0.15, 0.2) is 45.7 Å². The Morgan fingerprint density at radius 1 is 1.20 bits per heavy atom. The summed E-state index contributed by atoms with van der Waals surface area (Å²) in [6, 6.07) is 9.21. The summed E-state index contributed by atoms with van der Waals surface area (Å²) in [5.74, 6) is 0.835. The first-order valence-electron chi connectivity index (χ1n) is 9.75. The summed E-state index contributed by atoms with van der Waals surface area (Å²) in [4.78, 5) is 26.5. The minimum absolute atomic E-state index is 0.0605. The Morgan fingerprint density at radius 3 is 2.53 bits per heavy atom. The Labute approximate surface area is 176 Å². The molecule has 8 nitrogen and oxygen atoms in total. The average Bonchev–Trinajstić information content (AvgIpc) is 3.35. The molecule has 1 fully saturated rings. The number of carbonyl (C=O) groups excluding carboxylic acids is 2. The van der Waals surface area contributed by atoms with Gasteiger partial charge in [-0.2, -0.15) is 0 Å². The van der Waals surface area contributed by atoms with Gasteiger partial charge in [-0.3, -0.25) is 9.59 Å². The van der Waals surface area contributed by atoms with Crippen LogP contribution in [0.5, 0.6) is 5.75 Å². The summed E-state index contributed by atoms with van der Waals surface area (Å²) >= 11 is 0. The van der Waals surface area contributed by atoms with Crippen LogP contribution < -0.4 is 10.1 Å². The molecule has 9 heteroatoms. The molecule has 1 aliphatic heterocycles. The monoisotopic (exact) mass is 434 g/mol. The van der Waals surface area contributed by atoms with Crippen LogP contribution in [0, 0.1) is 5.92 Å². The third-order valence-corrected chi connectivity index (χ3v) is 5.98. The van der Waals surface area contributed by atoms with Gasteiger partial charge in [-0.25, -0.2) is 8.42 Å². The summed E-state index contributed by atoms with van der Waals surface area (Å²) in [5.41, 5.74) is 0. The summed E-state index contributed by atoms with van der Waals surface area (Å²) in [6.45, 7) is 4.97. The lowest BCUT2D eigenvalue weighted by Crippen LogP contribution is -2.39. The predicted molar refractivity (Wildman–Crippen MR) is 110 cm³/mol. The summed E-state index contributed by atoms with van der Waals surface area (Å²) in [7, 11) is -3.26. The number of carbonyl (C=O) groups is 2. The largest absolute Gasteiger partial charge is 0.486 e. The number of sulfone groups is 1. The Balaban J connectivity index is 1.51. The lowest BCUT2D eigenvalue weighted by molar-refractivity contribution is -0.133. The van der Waals surface area contributed by atoms with Crippen molar-refractivity contribution in [1.82, 2.24) is 10.2 Å². The maximum atomic E-state index is 12.4. The Morgan fingerprint density at radius 2 is 1.90 bits per heavy atom. The van der Waals surface area contributed by atoms with Gasteiger partial charge in [0, 0.05) is 31.3 Å². The van der Waals surface area contributed by atoms with Crippen molar-refractivity contribution in [2.24, 2.45) is 5.92 Å². The zero-order valence-corrected chi connectivity index (χ0v) is 18.1. The van der Waals surface area contributed by atoms with Crippen LogP contribution in [0.3, 0.4) is 0 Å². The number of likely N-dealkylation sites (tertiary alicyclic amines) is 1. The maximum Gasteiger partial charge on any atom is 0.287 e. The summed E-state index contributed by atoms with van der Waals surface area (Å²) in [6.07, 6.45) is 1.86. The molecule has 1 aromatic carbocycles. The number of nitrogens with zero attached hydrogens (tertiary/aromatic N) is 1. The van der Waals surface area contributed by atoms with Gasteiger partial charge >= 0.3 is 0 Å². The van der Waals surface area contributed by atoms with Crippen LogP contribution in [0.2, 0.25) is 0 Å². The number of rotatable bonds is 7. The molecule has 2 aromatic rings. The fraction of sp³-hybridized carbons (Fsp3) is 0.429. The zero-order chi connectivity index (χ0) is 21.9. The number of furan rings is 1. The maximum absolute atomic E-state index is 12.4. The molecule has 1 saturated heterocycles. The molecule has 2 heterocycles. The van der Waals surface area contributed by atoms with E-state index in [-0.39, 0.29) is 41.0 Å². The van der Waals surface area contributed by atoms with Crippen molar-refractivity contribution in [3.63, 3.8) is 0 Å². The highest BCUT2D eigenvalue weighted by atomic mass is 32.2. The fourth-order valence-electron chi connectivity index (χ4n) is 3.21. The van der Waals surface area contributed by atoms with Crippen molar-refractivity contribution < 1.29 is 27.2 Å². The Bertz CT molecular complexity index is 1010. The molecular weight excluding hydrogens is 408 g/mol. The van der Waals surface area contributed by atoms with Crippen LogP contribution in [0.4, 0.5) is 0 Å². The third-order valence-electron chi connectivity index (χ3n) is 4.85. The minimum Gasteiger partial charge on any atom is -0.486 e. The topological polar surface area (TPSA) is 106 Å². The van der Waals surface area contributed by atoms with E-state index < -0.39 is 9.84 Å². The van der Waals surface area contributed by atoms with Crippen molar-refractivity contribution in [3.8, 4) is 5.75 Å². The van der Waals surface area contributed by atoms with E-state index >= 15 is 0 Å². The lowest BCUT2D eigenvalue weighted by atomic mass is 10.2. The Kier molecular flexibility index (Phi) is 6.50. The Hall–Kier alpha value is -2.81.